The molecule has 1 aromatic carbocycles. The maximum Gasteiger partial charge on any atom is 0.292 e. The highest BCUT2D eigenvalue weighted by Gasteiger charge is 2.15. The minimum Gasteiger partial charge on any atom is -0.315 e. The third-order valence-corrected chi connectivity index (χ3v) is 2.25. The molecule has 1 amide bonds. The van der Waals surface area contributed by atoms with Gasteiger partial charge in [-0.15, -0.1) is 0 Å². The summed E-state index contributed by atoms with van der Waals surface area (Å²) in [4.78, 5) is 25.9. The van der Waals surface area contributed by atoms with Crippen LogP contribution in [-0.4, -0.2) is 15.8 Å². The molecule has 0 aliphatic rings. The Labute approximate surface area is 102 Å². The topological polar surface area (TPSA) is 85.1 Å². The van der Waals surface area contributed by atoms with Crippen molar-refractivity contribution >= 4 is 17.3 Å². The maximum absolute atomic E-state index is 11.8. The van der Waals surface area contributed by atoms with Crippen molar-refractivity contribution in [3.63, 3.8) is 0 Å². The highest BCUT2D eigenvalue weighted by Crippen LogP contribution is 2.23. The van der Waals surface area contributed by atoms with Crippen LogP contribution in [0.5, 0.6) is 0 Å². The maximum atomic E-state index is 11.8. The smallest absolute Gasteiger partial charge is 0.292 e. The summed E-state index contributed by atoms with van der Waals surface area (Å²) >= 11 is 0. The van der Waals surface area contributed by atoms with Crippen LogP contribution in [0, 0.1) is 10.1 Å². The van der Waals surface area contributed by atoms with Gasteiger partial charge in [0.15, 0.2) is 0 Å². The number of nitro groups is 1. The molecule has 0 bridgehead atoms. The zero-order chi connectivity index (χ0) is 13.0. The fourth-order valence-electron chi connectivity index (χ4n) is 1.42. The Balaban J connectivity index is 2.25. The Hall–Kier alpha value is -2.76. The molecule has 0 atom stereocenters. The van der Waals surface area contributed by atoms with Gasteiger partial charge < -0.3 is 5.32 Å². The highest BCUT2D eigenvalue weighted by atomic mass is 16.6. The van der Waals surface area contributed by atoms with Gasteiger partial charge in [0.2, 0.25) is 0 Å². The number of carbonyl (C=O) groups is 1. The van der Waals surface area contributed by atoms with E-state index in [0.717, 1.165) is 0 Å². The molecule has 0 spiro atoms. The lowest BCUT2D eigenvalue weighted by Crippen LogP contribution is -2.14. The molecule has 2 aromatic rings. The lowest BCUT2D eigenvalue weighted by molar-refractivity contribution is -0.383. The molecule has 0 fully saturated rings. The third-order valence-electron chi connectivity index (χ3n) is 2.25. The molecule has 0 saturated heterocycles. The number of pyridine rings is 1. The molecule has 6 nitrogen and oxygen atoms in total. The van der Waals surface area contributed by atoms with Crippen molar-refractivity contribution in [3.05, 3.63) is 64.5 Å². The Kier molecular flexibility index (Phi) is 3.29. The van der Waals surface area contributed by atoms with E-state index in [9.17, 15) is 14.9 Å². The number of carbonyl (C=O) groups excluding carboxylic acids is 1. The first-order valence-electron chi connectivity index (χ1n) is 5.14. The van der Waals surface area contributed by atoms with Gasteiger partial charge in [0.25, 0.3) is 11.6 Å². The fourth-order valence-corrected chi connectivity index (χ4v) is 1.42. The first kappa shape index (κ1) is 11.7. The number of hydrogen-bond acceptors (Lipinski definition) is 4. The van der Waals surface area contributed by atoms with Crippen LogP contribution in [0.2, 0.25) is 0 Å². The van der Waals surface area contributed by atoms with Crippen LogP contribution >= 0.6 is 0 Å². The van der Waals surface area contributed by atoms with Gasteiger partial charge in [-0.3, -0.25) is 19.9 Å². The van der Waals surface area contributed by atoms with Gasteiger partial charge in [-0.2, -0.15) is 0 Å². The molecule has 0 radical (unpaired) electrons. The van der Waals surface area contributed by atoms with Crippen LogP contribution in [0.1, 0.15) is 10.5 Å². The van der Waals surface area contributed by atoms with E-state index in [0.29, 0.717) is 0 Å². The zero-order valence-electron chi connectivity index (χ0n) is 9.24. The Morgan fingerprint density at radius 2 is 1.89 bits per heavy atom. The molecule has 0 aliphatic carbocycles. The number of nitrogens with zero attached hydrogens (tertiary/aromatic N) is 2. The van der Waals surface area contributed by atoms with Crippen molar-refractivity contribution in [2.45, 2.75) is 0 Å². The number of para-hydroxylation sites is 2. The molecule has 90 valence electrons. The minimum atomic E-state index is -0.548. The van der Waals surface area contributed by atoms with E-state index in [4.69, 9.17) is 0 Å². The van der Waals surface area contributed by atoms with Gasteiger partial charge in [0.05, 0.1) is 4.92 Å². The van der Waals surface area contributed by atoms with E-state index < -0.39 is 10.8 Å². The van der Waals surface area contributed by atoms with E-state index >= 15 is 0 Å². The Morgan fingerprint density at radius 3 is 2.56 bits per heavy atom. The monoisotopic (exact) mass is 243 g/mol. The molecule has 0 saturated carbocycles. The molecular weight excluding hydrogens is 234 g/mol. The predicted octanol–water partition coefficient (Wildman–Crippen LogP) is 2.24. The Bertz CT molecular complexity index is 584. The van der Waals surface area contributed by atoms with E-state index in [1.807, 2.05) is 0 Å². The first-order valence-corrected chi connectivity index (χ1v) is 5.14. The molecule has 0 unspecified atom stereocenters. The summed E-state index contributed by atoms with van der Waals surface area (Å²) in [6.07, 6.45) is 1.48. The van der Waals surface area contributed by atoms with Crippen LogP contribution in [-0.2, 0) is 0 Å². The lowest BCUT2D eigenvalue weighted by Gasteiger charge is -2.04. The van der Waals surface area contributed by atoms with Gasteiger partial charge in [-0.05, 0) is 18.2 Å². The van der Waals surface area contributed by atoms with Gasteiger partial charge in [-0.25, -0.2) is 0 Å². The molecule has 1 aromatic heterocycles. The largest absolute Gasteiger partial charge is 0.315 e. The van der Waals surface area contributed by atoms with Crippen LogP contribution in [0.25, 0.3) is 0 Å². The van der Waals surface area contributed by atoms with Crippen LogP contribution in [0.15, 0.2) is 48.7 Å². The van der Waals surface area contributed by atoms with E-state index in [1.54, 1.807) is 18.2 Å². The quantitative estimate of drug-likeness (QED) is 0.661. The van der Waals surface area contributed by atoms with E-state index in [-0.39, 0.29) is 17.1 Å². The van der Waals surface area contributed by atoms with Crippen LogP contribution in [0.3, 0.4) is 0 Å². The number of nitro benzene ring substituents is 1. The first-order chi connectivity index (χ1) is 8.68. The third kappa shape index (κ3) is 2.49. The van der Waals surface area contributed by atoms with E-state index in [2.05, 4.69) is 10.3 Å². The second-order valence-electron chi connectivity index (χ2n) is 3.44. The number of nitrogens with one attached hydrogen (secondary N) is 1. The molecule has 2 rings (SSSR count). The van der Waals surface area contributed by atoms with Crippen molar-refractivity contribution < 1.29 is 9.72 Å². The van der Waals surface area contributed by atoms with Gasteiger partial charge >= 0.3 is 0 Å². The molecule has 6 heteroatoms. The molecular formula is C12H9N3O3. The average Bonchev–Trinajstić information content (AvgIpc) is 2.40. The van der Waals surface area contributed by atoms with E-state index in [1.165, 1.54) is 30.5 Å². The minimum absolute atomic E-state index is 0.151. The Morgan fingerprint density at radius 1 is 1.17 bits per heavy atom. The molecule has 0 aliphatic heterocycles. The van der Waals surface area contributed by atoms with Crippen LogP contribution < -0.4 is 5.32 Å². The van der Waals surface area contributed by atoms with Crippen LogP contribution in [0.4, 0.5) is 11.4 Å². The van der Waals surface area contributed by atoms with Crippen molar-refractivity contribution in [1.82, 2.24) is 4.98 Å². The van der Waals surface area contributed by atoms with Crippen molar-refractivity contribution in [2.75, 3.05) is 5.32 Å². The number of anilines is 1. The average molecular weight is 243 g/mol. The summed E-state index contributed by atoms with van der Waals surface area (Å²) in [5.41, 5.74) is 0.204. The zero-order valence-corrected chi connectivity index (χ0v) is 9.24. The number of rotatable bonds is 3. The van der Waals surface area contributed by atoms with Gasteiger partial charge in [0.1, 0.15) is 11.4 Å². The normalized spacial score (nSPS) is 9.78. The summed E-state index contributed by atoms with van der Waals surface area (Å²) in [6.45, 7) is 0. The number of hydrogen-bond donors (Lipinski definition) is 1. The second kappa shape index (κ2) is 5.05. The molecule has 18 heavy (non-hydrogen) atoms. The lowest BCUT2D eigenvalue weighted by atomic mass is 10.2. The number of aromatic nitrogens is 1. The second-order valence-corrected chi connectivity index (χ2v) is 3.44. The predicted molar refractivity (Wildman–Crippen MR) is 65.3 cm³/mol. The highest BCUT2D eigenvalue weighted by molar-refractivity contribution is 6.04. The summed E-state index contributed by atoms with van der Waals surface area (Å²) in [5.74, 6) is -0.482. The number of amides is 1. The number of benzene rings is 1. The molecule has 1 N–H and O–H groups in total. The summed E-state index contributed by atoms with van der Waals surface area (Å²) in [7, 11) is 0. The summed E-state index contributed by atoms with van der Waals surface area (Å²) < 4.78 is 0. The van der Waals surface area contributed by atoms with Gasteiger partial charge in [-0.1, -0.05) is 18.2 Å². The fraction of sp³-hybridized carbons (Fsp3) is 0. The van der Waals surface area contributed by atoms with Gasteiger partial charge in [0, 0.05) is 12.3 Å². The summed E-state index contributed by atoms with van der Waals surface area (Å²) in [6, 6.07) is 10.8. The standard InChI is InChI=1S/C12H9N3O3/c16-12(10-6-3-4-8-13-10)14-9-5-1-2-7-11(9)15(17)18/h1-8H,(H,14,16). The van der Waals surface area contributed by atoms with Crippen molar-refractivity contribution in [2.24, 2.45) is 0 Å². The summed E-state index contributed by atoms with van der Waals surface area (Å²) in [5, 5.41) is 13.2. The SMILES string of the molecule is O=C(Nc1ccccc1[N+](=O)[O-])c1ccccn1. The van der Waals surface area contributed by atoms with Crippen molar-refractivity contribution in [1.29, 1.82) is 0 Å². The molecule has 1 heterocycles. The van der Waals surface area contributed by atoms with Crippen molar-refractivity contribution in [3.8, 4) is 0 Å².